The summed E-state index contributed by atoms with van der Waals surface area (Å²) in [5, 5.41) is 13.6. The van der Waals surface area contributed by atoms with Gasteiger partial charge in [0.05, 0.1) is 15.5 Å². The Morgan fingerprint density at radius 1 is 1.00 bits per heavy atom. The fraction of sp³-hybridized carbons (Fsp3) is 0.0500. The molecule has 0 aliphatic carbocycles. The predicted molar refractivity (Wildman–Crippen MR) is 117 cm³/mol. The van der Waals surface area contributed by atoms with Crippen LogP contribution in [0.15, 0.2) is 76.1 Å². The quantitative estimate of drug-likeness (QED) is 0.383. The number of benzene rings is 3. The summed E-state index contributed by atoms with van der Waals surface area (Å²) in [6.45, 7) is 1.60. The van der Waals surface area contributed by atoms with Crippen LogP contribution in [0.4, 0.5) is 17.1 Å². The molecule has 3 rings (SSSR count). The van der Waals surface area contributed by atoms with Crippen LogP contribution in [0.25, 0.3) is 0 Å². The molecule has 2 N–H and O–H groups in total. The summed E-state index contributed by atoms with van der Waals surface area (Å²) in [6, 6.07) is 16.4. The summed E-state index contributed by atoms with van der Waals surface area (Å²) in [5.74, 6) is -0.468. The molecule has 0 fully saturated rings. The first-order chi connectivity index (χ1) is 14.2. The van der Waals surface area contributed by atoms with Crippen molar-refractivity contribution >= 4 is 48.9 Å². The summed E-state index contributed by atoms with van der Waals surface area (Å²) in [7, 11) is -4.08. The second-order valence-electron chi connectivity index (χ2n) is 6.35. The molecule has 10 heteroatoms. The van der Waals surface area contributed by atoms with Crippen LogP contribution in [-0.4, -0.2) is 19.2 Å². The number of nitro benzene ring substituents is 1. The van der Waals surface area contributed by atoms with E-state index < -0.39 is 20.9 Å². The average molecular weight is 490 g/mol. The number of amides is 1. The van der Waals surface area contributed by atoms with Crippen molar-refractivity contribution in [3.63, 3.8) is 0 Å². The van der Waals surface area contributed by atoms with E-state index in [9.17, 15) is 23.3 Å². The molecule has 0 saturated heterocycles. The molecular weight excluding hydrogens is 474 g/mol. The SMILES string of the molecule is Cc1ccc(C(=O)Nc2ccc(Br)cc2)cc1S(=O)(=O)Nc1cccc([N+](=O)[O-])c1. The molecule has 0 unspecified atom stereocenters. The lowest BCUT2D eigenvalue weighted by atomic mass is 10.1. The minimum absolute atomic E-state index is 0.0494. The van der Waals surface area contributed by atoms with Crippen LogP contribution >= 0.6 is 15.9 Å². The molecule has 3 aromatic carbocycles. The highest BCUT2D eigenvalue weighted by Crippen LogP contribution is 2.24. The van der Waals surface area contributed by atoms with Gasteiger partial charge < -0.3 is 5.32 Å². The molecule has 0 aliphatic heterocycles. The topological polar surface area (TPSA) is 118 Å². The zero-order chi connectivity index (χ0) is 21.9. The number of aryl methyl sites for hydroxylation is 1. The Balaban J connectivity index is 1.88. The van der Waals surface area contributed by atoms with E-state index in [1.165, 1.54) is 36.4 Å². The molecule has 0 aliphatic rings. The third-order valence-electron chi connectivity index (χ3n) is 4.15. The minimum atomic E-state index is -4.08. The Labute approximate surface area is 181 Å². The first kappa shape index (κ1) is 21.5. The Hall–Kier alpha value is -3.24. The van der Waals surface area contributed by atoms with Crippen molar-refractivity contribution < 1.29 is 18.1 Å². The summed E-state index contributed by atoms with van der Waals surface area (Å²) in [5.41, 5.74) is 0.946. The van der Waals surface area contributed by atoms with Gasteiger partial charge in [-0.05, 0) is 55.0 Å². The number of nitrogens with one attached hydrogen (secondary N) is 2. The lowest BCUT2D eigenvalue weighted by Crippen LogP contribution is -2.17. The van der Waals surface area contributed by atoms with Crippen molar-refractivity contribution in [3.05, 3.63) is 92.4 Å². The van der Waals surface area contributed by atoms with Gasteiger partial charge in [0.25, 0.3) is 21.6 Å². The number of nitrogens with zero attached hydrogens (tertiary/aromatic N) is 1. The summed E-state index contributed by atoms with van der Waals surface area (Å²) >= 11 is 3.31. The van der Waals surface area contributed by atoms with Crippen molar-refractivity contribution in [3.8, 4) is 0 Å². The first-order valence-electron chi connectivity index (χ1n) is 8.60. The van der Waals surface area contributed by atoms with E-state index in [1.807, 2.05) is 0 Å². The smallest absolute Gasteiger partial charge is 0.271 e. The van der Waals surface area contributed by atoms with Crippen LogP contribution in [0.2, 0.25) is 0 Å². The predicted octanol–water partition coefficient (Wildman–Crippen LogP) is 4.72. The molecule has 3 aromatic rings. The van der Waals surface area contributed by atoms with E-state index in [0.29, 0.717) is 11.3 Å². The maximum Gasteiger partial charge on any atom is 0.271 e. The van der Waals surface area contributed by atoms with E-state index in [4.69, 9.17) is 0 Å². The average Bonchev–Trinajstić information content (AvgIpc) is 2.69. The van der Waals surface area contributed by atoms with Crippen LogP contribution in [0.3, 0.4) is 0 Å². The van der Waals surface area contributed by atoms with Gasteiger partial charge in [-0.25, -0.2) is 8.42 Å². The molecule has 0 bridgehead atoms. The number of rotatable bonds is 6. The lowest BCUT2D eigenvalue weighted by Gasteiger charge is -2.12. The van der Waals surface area contributed by atoms with E-state index in [-0.39, 0.29) is 21.8 Å². The maximum atomic E-state index is 12.9. The number of non-ortho nitro benzene ring substituents is 1. The normalized spacial score (nSPS) is 11.0. The van der Waals surface area contributed by atoms with Crippen molar-refractivity contribution in [2.45, 2.75) is 11.8 Å². The number of halogens is 1. The molecule has 154 valence electrons. The van der Waals surface area contributed by atoms with Crippen molar-refractivity contribution in [2.24, 2.45) is 0 Å². The fourth-order valence-corrected chi connectivity index (χ4v) is 4.25. The maximum absolute atomic E-state index is 12.9. The van der Waals surface area contributed by atoms with Gasteiger partial charge in [-0.2, -0.15) is 0 Å². The third-order valence-corrected chi connectivity index (χ3v) is 6.20. The Morgan fingerprint density at radius 3 is 2.37 bits per heavy atom. The van der Waals surface area contributed by atoms with Crippen LogP contribution < -0.4 is 10.0 Å². The van der Waals surface area contributed by atoms with Gasteiger partial charge in [0.2, 0.25) is 0 Å². The van der Waals surface area contributed by atoms with Crippen molar-refractivity contribution in [2.75, 3.05) is 10.0 Å². The second kappa shape index (κ2) is 8.64. The molecule has 8 nitrogen and oxygen atoms in total. The second-order valence-corrected chi connectivity index (χ2v) is 8.92. The molecule has 1 amide bonds. The summed E-state index contributed by atoms with van der Waals surface area (Å²) in [6.07, 6.45) is 0. The van der Waals surface area contributed by atoms with Gasteiger partial charge >= 0.3 is 0 Å². The number of nitro groups is 1. The molecule has 0 saturated carbocycles. The van der Waals surface area contributed by atoms with Gasteiger partial charge in [-0.1, -0.05) is 28.1 Å². The van der Waals surface area contributed by atoms with Gasteiger partial charge in [0, 0.05) is 27.9 Å². The van der Waals surface area contributed by atoms with E-state index in [1.54, 1.807) is 31.2 Å². The first-order valence-corrected chi connectivity index (χ1v) is 10.9. The highest BCUT2D eigenvalue weighted by molar-refractivity contribution is 9.10. The fourth-order valence-electron chi connectivity index (χ4n) is 2.66. The molecule has 0 radical (unpaired) electrons. The highest BCUT2D eigenvalue weighted by atomic mass is 79.9. The number of hydrogen-bond acceptors (Lipinski definition) is 5. The largest absolute Gasteiger partial charge is 0.322 e. The highest BCUT2D eigenvalue weighted by Gasteiger charge is 2.20. The van der Waals surface area contributed by atoms with Gasteiger partial charge in [0.1, 0.15) is 0 Å². The minimum Gasteiger partial charge on any atom is -0.322 e. The molecule has 0 spiro atoms. The number of anilines is 2. The molecule has 0 atom stereocenters. The molecule has 30 heavy (non-hydrogen) atoms. The third kappa shape index (κ3) is 5.02. The van der Waals surface area contributed by atoms with Crippen LogP contribution in [0, 0.1) is 17.0 Å². The standard InChI is InChI=1S/C20H16BrN3O5S/c1-13-5-6-14(20(25)22-16-9-7-15(21)8-10-16)11-19(13)30(28,29)23-17-3-2-4-18(12-17)24(26)27/h2-12,23H,1H3,(H,22,25). The zero-order valence-corrected chi connectivity index (χ0v) is 18.0. The van der Waals surface area contributed by atoms with Crippen molar-refractivity contribution in [1.29, 1.82) is 0 Å². The molecular formula is C20H16BrN3O5S. The van der Waals surface area contributed by atoms with Crippen LogP contribution in [0.5, 0.6) is 0 Å². The number of carbonyl (C=O) groups is 1. The van der Waals surface area contributed by atoms with Crippen molar-refractivity contribution in [1.82, 2.24) is 0 Å². The Kier molecular flexibility index (Phi) is 6.18. The molecule has 0 heterocycles. The summed E-state index contributed by atoms with van der Waals surface area (Å²) in [4.78, 5) is 22.8. The number of hydrogen-bond donors (Lipinski definition) is 2. The Bertz CT molecular complexity index is 1230. The van der Waals surface area contributed by atoms with Gasteiger partial charge in [-0.3, -0.25) is 19.6 Å². The monoisotopic (exact) mass is 489 g/mol. The Morgan fingerprint density at radius 2 is 1.70 bits per heavy atom. The van der Waals surface area contributed by atoms with Crippen LogP contribution in [-0.2, 0) is 10.0 Å². The van der Waals surface area contributed by atoms with Crippen LogP contribution in [0.1, 0.15) is 15.9 Å². The lowest BCUT2D eigenvalue weighted by molar-refractivity contribution is -0.384. The van der Waals surface area contributed by atoms with E-state index in [2.05, 4.69) is 26.0 Å². The molecule has 0 aromatic heterocycles. The van der Waals surface area contributed by atoms with Gasteiger partial charge in [-0.15, -0.1) is 0 Å². The number of sulfonamides is 1. The van der Waals surface area contributed by atoms with E-state index >= 15 is 0 Å². The van der Waals surface area contributed by atoms with E-state index in [0.717, 1.165) is 10.5 Å². The number of carbonyl (C=O) groups excluding carboxylic acids is 1. The zero-order valence-electron chi connectivity index (χ0n) is 15.6. The van der Waals surface area contributed by atoms with Gasteiger partial charge in [0.15, 0.2) is 0 Å². The summed E-state index contributed by atoms with van der Waals surface area (Å²) < 4.78 is 28.9.